The predicted molar refractivity (Wildman–Crippen MR) is 198 cm³/mol. The molecule has 0 unspecified atom stereocenters. The third kappa shape index (κ3) is 8.92. The van der Waals surface area contributed by atoms with Gasteiger partial charge in [-0.25, -0.2) is 15.0 Å². The van der Waals surface area contributed by atoms with Crippen molar-refractivity contribution in [2.24, 2.45) is 0 Å². The lowest BCUT2D eigenvalue weighted by atomic mass is 9.50. The van der Waals surface area contributed by atoms with Crippen molar-refractivity contribution in [3.63, 3.8) is 0 Å². The SMILES string of the molecule is CCCCc1nc(SCCNC(=O)CC)cc(C2[C@@H](c3ccccc3)C(c3cc(NCCC)nc(NCCC)n3)[C@@H]2c2ccccc2)n1. The van der Waals surface area contributed by atoms with E-state index >= 15 is 0 Å². The van der Waals surface area contributed by atoms with E-state index in [1.54, 1.807) is 11.8 Å². The van der Waals surface area contributed by atoms with Crippen molar-refractivity contribution in [2.75, 3.05) is 36.0 Å². The van der Waals surface area contributed by atoms with Gasteiger partial charge in [-0.1, -0.05) is 94.8 Å². The average Bonchev–Trinajstić information content (AvgIpc) is 3.11. The van der Waals surface area contributed by atoms with E-state index in [0.717, 1.165) is 79.0 Å². The zero-order chi connectivity index (χ0) is 33.7. The quantitative estimate of drug-likeness (QED) is 0.0554. The maximum absolute atomic E-state index is 11.9. The van der Waals surface area contributed by atoms with Crippen LogP contribution in [0.1, 0.15) is 112 Å². The second-order valence-electron chi connectivity index (χ2n) is 12.5. The van der Waals surface area contributed by atoms with E-state index in [2.05, 4.69) is 110 Å². The van der Waals surface area contributed by atoms with Crippen molar-refractivity contribution in [3.8, 4) is 0 Å². The third-order valence-electron chi connectivity index (χ3n) is 8.95. The molecule has 8 nitrogen and oxygen atoms in total. The van der Waals surface area contributed by atoms with Gasteiger partial charge in [0.25, 0.3) is 0 Å². The highest BCUT2D eigenvalue weighted by atomic mass is 32.2. The molecule has 1 amide bonds. The molecule has 1 fully saturated rings. The molecule has 0 bridgehead atoms. The summed E-state index contributed by atoms with van der Waals surface area (Å²) in [5.41, 5.74) is 4.70. The Kier molecular flexibility index (Phi) is 13.2. The van der Waals surface area contributed by atoms with Gasteiger partial charge in [0, 0.05) is 73.7 Å². The molecule has 4 aromatic rings. The fraction of sp³-hybridized carbons (Fsp3) is 0.462. The first-order chi connectivity index (χ1) is 23.6. The van der Waals surface area contributed by atoms with Gasteiger partial charge in [0.15, 0.2) is 0 Å². The van der Waals surface area contributed by atoms with Gasteiger partial charge in [0.2, 0.25) is 11.9 Å². The lowest BCUT2D eigenvalue weighted by Crippen LogP contribution is -2.41. The number of rotatable bonds is 18. The standard InChI is InChI=1S/C39H51N7OS/c1-5-9-20-31-43-30(26-34(45-31)48-24-23-41-33(47)8-4)38-35(27-16-12-10-13-17-27)37(36(38)28-18-14-11-15-19-28)29-25-32(40-21-6-2)46-39(44-29)42-22-7-3/h10-19,25-26,35-38H,5-9,20-24H2,1-4H3,(H,41,47)(H2,40,42,44,46)/t35-,36-,37?,38?/m0/s1. The first kappa shape index (κ1) is 35.3. The van der Waals surface area contributed by atoms with Crippen LogP contribution in [0.15, 0.2) is 77.8 Å². The van der Waals surface area contributed by atoms with Crippen molar-refractivity contribution in [1.82, 2.24) is 25.3 Å². The van der Waals surface area contributed by atoms with Crippen LogP contribution in [0.4, 0.5) is 11.8 Å². The molecule has 5 rings (SSSR count). The van der Waals surface area contributed by atoms with Gasteiger partial charge in [-0.3, -0.25) is 4.79 Å². The summed E-state index contributed by atoms with van der Waals surface area (Å²) in [6, 6.07) is 26.1. The Labute approximate surface area is 290 Å². The van der Waals surface area contributed by atoms with Gasteiger partial charge in [0.05, 0.1) is 5.69 Å². The van der Waals surface area contributed by atoms with Crippen LogP contribution in [-0.2, 0) is 11.2 Å². The molecule has 9 heteroatoms. The van der Waals surface area contributed by atoms with Crippen LogP contribution in [0.25, 0.3) is 0 Å². The molecule has 0 aliphatic heterocycles. The largest absolute Gasteiger partial charge is 0.370 e. The normalized spacial score (nSPS) is 18.6. The number of unbranched alkanes of at least 4 members (excludes halogenated alkanes) is 1. The molecule has 2 atom stereocenters. The molecule has 0 spiro atoms. The highest BCUT2D eigenvalue weighted by Crippen LogP contribution is 2.66. The van der Waals surface area contributed by atoms with Crippen LogP contribution in [0.5, 0.6) is 0 Å². The summed E-state index contributed by atoms with van der Waals surface area (Å²) >= 11 is 1.69. The van der Waals surface area contributed by atoms with Crippen molar-refractivity contribution in [1.29, 1.82) is 0 Å². The Bertz CT molecular complexity index is 1510. The number of hydrogen-bond donors (Lipinski definition) is 3. The van der Waals surface area contributed by atoms with Crippen LogP contribution in [0, 0.1) is 0 Å². The van der Waals surface area contributed by atoms with E-state index < -0.39 is 0 Å². The number of nitrogens with one attached hydrogen (secondary N) is 3. The van der Waals surface area contributed by atoms with Crippen molar-refractivity contribution in [3.05, 3.63) is 101 Å². The smallest absolute Gasteiger partial charge is 0.224 e. The molecule has 0 saturated heterocycles. The number of amides is 1. The fourth-order valence-corrected chi connectivity index (χ4v) is 7.40. The van der Waals surface area contributed by atoms with Crippen LogP contribution < -0.4 is 16.0 Å². The number of carbonyl (C=O) groups excluding carboxylic acids is 1. The number of hydrogen-bond acceptors (Lipinski definition) is 8. The molecular weight excluding hydrogens is 615 g/mol. The summed E-state index contributed by atoms with van der Waals surface area (Å²) in [5.74, 6) is 3.81. The van der Waals surface area contributed by atoms with Gasteiger partial charge in [-0.15, -0.1) is 11.8 Å². The number of nitrogens with zero attached hydrogens (tertiary/aromatic N) is 4. The maximum Gasteiger partial charge on any atom is 0.224 e. The average molecular weight is 666 g/mol. The van der Waals surface area contributed by atoms with Crippen molar-refractivity contribution >= 4 is 29.4 Å². The van der Waals surface area contributed by atoms with Crippen molar-refractivity contribution in [2.45, 2.75) is 94.9 Å². The highest BCUT2D eigenvalue weighted by Gasteiger charge is 2.54. The zero-order valence-corrected chi connectivity index (χ0v) is 29.7. The molecule has 48 heavy (non-hydrogen) atoms. The summed E-state index contributed by atoms with van der Waals surface area (Å²) < 4.78 is 0. The van der Waals surface area contributed by atoms with Gasteiger partial charge in [0.1, 0.15) is 16.7 Å². The number of thioether (sulfide) groups is 1. The number of anilines is 2. The first-order valence-corrected chi connectivity index (χ1v) is 18.8. The van der Waals surface area contributed by atoms with Gasteiger partial charge < -0.3 is 16.0 Å². The second-order valence-corrected chi connectivity index (χ2v) is 13.6. The molecule has 2 aromatic carbocycles. The Balaban J connectivity index is 1.61. The molecule has 1 aliphatic carbocycles. The number of aryl methyl sites for hydroxylation is 1. The van der Waals surface area contributed by atoms with Crippen LogP contribution in [-0.4, -0.2) is 51.2 Å². The van der Waals surface area contributed by atoms with E-state index in [9.17, 15) is 4.79 Å². The minimum absolute atomic E-state index is 0.0744. The number of benzene rings is 2. The first-order valence-electron chi connectivity index (χ1n) is 17.8. The lowest BCUT2D eigenvalue weighted by Gasteiger charge is -2.52. The van der Waals surface area contributed by atoms with E-state index in [0.29, 0.717) is 18.9 Å². The predicted octanol–water partition coefficient (Wildman–Crippen LogP) is 8.32. The molecule has 2 heterocycles. The fourth-order valence-electron chi connectivity index (χ4n) is 6.61. The summed E-state index contributed by atoms with van der Waals surface area (Å²) in [7, 11) is 0. The Morgan fingerprint density at radius 1 is 0.688 bits per heavy atom. The van der Waals surface area contributed by atoms with E-state index in [1.807, 2.05) is 6.92 Å². The lowest BCUT2D eigenvalue weighted by molar-refractivity contribution is -0.120. The Hall–Kier alpha value is -3.98. The molecule has 1 aliphatic rings. The number of aromatic nitrogens is 4. The summed E-state index contributed by atoms with van der Waals surface area (Å²) in [6.07, 6.45) is 5.47. The van der Waals surface area contributed by atoms with E-state index in [-0.39, 0.29) is 29.6 Å². The van der Waals surface area contributed by atoms with E-state index in [4.69, 9.17) is 19.9 Å². The van der Waals surface area contributed by atoms with Crippen LogP contribution in [0.3, 0.4) is 0 Å². The Morgan fingerprint density at radius 3 is 1.92 bits per heavy atom. The highest BCUT2D eigenvalue weighted by molar-refractivity contribution is 7.99. The van der Waals surface area contributed by atoms with Gasteiger partial charge in [-0.05, 0) is 36.5 Å². The summed E-state index contributed by atoms with van der Waals surface area (Å²) in [6.45, 7) is 10.7. The van der Waals surface area contributed by atoms with Gasteiger partial charge >= 0.3 is 0 Å². The third-order valence-corrected chi connectivity index (χ3v) is 9.87. The molecular formula is C39H51N7OS. The number of carbonyl (C=O) groups is 1. The minimum atomic E-state index is 0.0744. The van der Waals surface area contributed by atoms with Gasteiger partial charge in [-0.2, -0.15) is 4.98 Å². The maximum atomic E-state index is 11.9. The van der Waals surface area contributed by atoms with Crippen molar-refractivity contribution < 1.29 is 4.79 Å². The molecule has 3 N–H and O–H groups in total. The summed E-state index contributed by atoms with van der Waals surface area (Å²) in [4.78, 5) is 32.2. The molecule has 1 saturated carbocycles. The molecule has 2 aromatic heterocycles. The van der Waals surface area contributed by atoms with Crippen LogP contribution >= 0.6 is 11.8 Å². The van der Waals surface area contributed by atoms with Crippen LogP contribution in [0.2, 0.25) is 0 Å². The summed E-state index contributed by atoms with van der Waals surface area (Å²) in [5, 5.41) is 11.0. The topological polar surface area (TPSA) is 105 Å². The van der Waals surface area contributed by atoms with E-state index in [1.165, 1.54) is 11.1 Å². The molecule has 0 radical (unpaired) electrons. The monoisotopic (exact) mass is 665 g/mol. The second kappa shape index (κ2) is 18.0. The molecule has 254 valence electrons. The minimum Gasteiger partial charge on any atom is -0.370 e. The zero-order valence-electron chi connectivity index (χ0n) is 28.9. The Morgan fingerprint density at radius 2 is 1.31 bits per heavy atom.